The van der Waals surface area contributed by atoms with Crippen LogP contribution in [0.4, 0.5) is 0 Å². The Morgan fingerprint density at radius 1 is 0.946 bits per heavy atom. The zero-order valence-corrected chi connectivity index (χ0v) is 21.8. The Bertz CT molecular complexity index is 1370. The maximum Gasteiger partial charge on any atom is 0.295 e. The molecular weight excluding hydrogens is 494 g/mol. The molecule has 1 amide bonds. The maximum atomic E-state index is 13.4. The van der Waals surface area contributed by atoms with Crippen molar-refractivity contribution in [1.82, 2.24) is 4.90 Å². The summed E-state index contributed by atoms with van der Waals surface area (Å²) in [6, 6.07) is 18.3. The van der Waals surface area contributed by atoms with Crippen molar-refractivity contribution in [3.05, 3.63) is 94.0 Å². The smallest absolute Gasteiger partial charge is 0.295 e. The van der Waals surface area contributed by atoms with Gasteiger partial charge < -0.3 is 24.2 Å². The minimum absolute atomic E-state index is 0.0196. The van der Waals surface area contributed by atoms with Crippen LogP contribution in [0, 0.1) is 0 Å². The molecule has 0 saturated carbocycles. The third-order valence-corrected chi connectivity index (χ3v) is 6.33. The first-order valence-electron chi connectivity index (χ1n) is 11.7. The van der Waals surface area contributed by atoms with Gasteiger partial charge in [0.25, 0.3) is 11.7 Å². The van der Waals surface area contributed by atoms with Crippen LogP contribution in [0.15, 0.2) is 72.3 Å². The molecule has 1 heterocycles. The van der Waals surface area contributed by atoms with Crippen LogP contribution < -0.4 is 14.2 Å². The maximum absolute atomic E-state index is 13.4. The second-order valence-corrected chi connectivity index (χ2v) is 9.27. The number of Topliss-reactive ketones (excluding diaryl/α,β-unsaturated/α-hetero) is 1. The van der Waals surface area contributed by atoms with Crippen molar-refractivity contribution < 1.29 is 28.9 Å². The molecule has 0 bridgehead atoms. The molecule has 1 fully saturated rings. The van der Waals surface area contributed by atoms with Gasteiger partial charge in [-0.1, -0.05) is 35.9 Å². The summed E-state index contributed by atoms with van der Waals surface area (Å²) in [6.45, 7) is 3.97. The van der Waals surface area contributed by atoms with Crippen LogP contribution in [-0.2, 0) is 16.1 Å². The van der Waals surface area contributed by atoms with E-state index in [0.29, 0.717) is 22.8 Å². The number of carbonyl (C=O) groups excluding carboxylic acids is 2. The Balaban J connectivity index is 1.86. The number of likely N-dealkylation sites (tertiary alicyclic amines) is 1. The highest BCUT2D eigenvalue weighted by atomic mass is 35.5. The lowest BCUT2D eigenvalue weighted by Gasteiger charge is -2.26. The van der Waals surface area contributed by atoms with Gasteiger partial charge in [-0.15, -0.1) is 0 Å². The molecule has 1 atom stereocenters. The number of methoxy groups -OCH3 is 2. The van der Waals surface area contributed by atoms with Crippen molar-refractivity contribution in [2.45, 2.75) is 32.5 Å². The van der Waals surface area contributed by atoms with Gasteiger partial charge in [0.15, 0.2) is 0 Å². The highest BCUT2D eigenvalue weighted by Crippen LogP contribution is 2.42. The Kier molecular flexibility index (Phi) is 7.74. The standard InChI is InChI=1S/C29H28ClNO6/c1-17(2)37-22-10-5-7-18(13-22)16-31-26(19-8-6-9-20(14-19)35-3)25(28(33)29(31)34)27(32)23-15-21(36-4)11-12-24(23)30/h5-15,17,26,32H,16H2,1-4H3/b27-25+. The van der Waals surface area contributed by atoms with Crippen LogP contribution in [0.5, 0.6) is 17.2 Å². The molecule has 4 rings (SSSR count). The molecule has 1 aliphatic rings. The minimum Gasteiger partial charge on any atom is -0.507 e. The Labute approximate surface area is 220 Å². The van der Waals surface area contributed by atoms with E-state index in [4.69, 9.17) is 25.8 Å². The third kappa shape index (κ3) is 5.42. The molecule has 3 aromatic rings. The highest BCUT2D eigenvalue weighted by Gasteiger charge is 2.46. The fraction of sp³-hybridized carbons (Fsp3) is 0.241. The number of ether oxygens (including phenoxy) is 3. The monoisotopic (exact) mass is 521 g/mol. The zero-order chi connectivity index (χ0) is 26.7. The fourth-order valence-corrected chi connectivity index (χ4v) is 4.55. The van der Waals surface area contributed by atoms with E-state index < -0.39 is 17.7 Å². The molecule has 0 radical (unpaired) electrons. The van der Waals surface area contributed by atoms with E-state index >= 15 is 0 Å². The molecule has 7 nitrogen and oxygen atoms in total. The van der Waals surface area contributed by atoms with Gasteiger partial charge in [0.05, 0.1) is 37.0 Å². The number of rotatable bonds is 8. The summed E-state index contributed by atoms with van der Waals surface area (Å²) in [6.07, 6.45) is -0.0196. The number of aliphatic hydroxyl groups excluding tert-OH is 1. The van der Waals surface area contributed by atoms with Crippen LogP contribution in [-0.4, -0.2) is 42.0 Å². The fourth-order valence-electron chi connectivity index (χ4n) is 4.35. The second-order valence-electron chi connectivity index (χ2n) is 8.86. The number of hydrogen-bond donors (Lipinski definition) is 1. The summed E-state index contributed by atoms with van der Waals surface area (Å²) in [5.41, 5.74) is 1.50. The largest absolute Gasteiger partial charge is 0.507 e. The summed E-state index contributed by atoms with van der Waals surface area (Å²) in [5, 5.41) is 11.6. The van der Waals surface area contributed by atoms with E-state index in [1.165, 1.54) is 25.2 Å². The van der Waals surface area contributed by atoms with Crippen molar-refractivity contribution in [2.75, 3.05) is 14.2 Å². The molecule has 1 aliphatic heterocycles. The van der Waals surface area contributed by atoms with Gasteiger partial charge in [-0.25, -0.2) is 0 Å². The molecule has 0 aliphatic carbocycles. The number of ketones is 1. The van der Waals surface area contributed by atoms with Crippen molar-refractivity contribution >= 4 is 29.1 Å². The van der Waals surface area contributed by atoms with Crippen LogP contribution in [0.1, 0.15) is 36.6 Å². The second kappa shape index (κ2) is 11.0. The molecule has 1 N–H and O–H groups in total. The van der Waals surface area contributed by atoms with Gasteiger partial charge in [-0.05, 0) is 67.4 Å². The van der Waals surface area contributed by atoms with Gasteiger partial charge in [-0.2, -0.15) is 0 Å². The summed E-state index contributed by atoms with van der Waals surface area (Å²) < 4.78 is 16.4. The lowest BCUT2D eigenvalue weighted by molar-refractivity contribution is -0.140. The van der Waals surface area contributed by atoms with Crippen LogP contribution in [0.25, 0.3) is 5.76 Å². The minimum atomic E-state index is -0.882. The van der Waals surface area contributed by atoms with Crippen LogP contribution in [0.3, 0.4) is 0 Å². The summed E-state index contributed by atoms with van der Waals surface area (Å²) in [4.78, 5) is 28.2. The van der Waals surface area contributed by atoms with Gasteiger partial charge >= 0.3 is 0 Å². The number of amides is 1. The lowest BCUT2D eigenvalue weighted by Crippen LogP contribution is -2.29. The van der Waals surface area contributed by atoms with Crippen molar-refractivity contribution in [2.24, 2.45) is 0 Å². The predicted molar refractivity (Wildman–Crippen MR) is 141 cm³/mol. The van der Waals surface area contributed by atoms with Gasteiger partial charge in [-0.3, -0.25) is 9.59 Å². The van der Waals surface area contributed by atoms with E-state index in [2.05, 4.69) is 0 Å². The number of halogens is 1. The number of aliphatic hydroxyl groups is 1. The SMILES string of the molecule is COc1cccc(C2/C(=C(\O)c3cc(OC)ccc3Cl)C(=O)C(=O)N2Cc2cccc(OC(C)C)c2)c1. The molecule has 8 heteroatoms. The van der Waals surface area contributed by atoms with Crippen molar-refractivity contribution in [3.8, 4) is 17.2 Å². The van der Waals surface area contributed by atoms with Crippen LogP contribution >= 0.6 is 11.6 Å². The Morgan fingerprint density at radius 3 is 2.32 bits per heavy atom. The predicted octanol–water partition coefficient (Wildman–Crippen LogP) is 5.77. The zero-order valence-electron chi connectivity index (χ0n) is 21.0. The van der Waals surface area contributed by atoms with Crippen molar-refractivity contribution in [1.29, 1.82) is 0 Å². The lowest BCUT2D eigenvalue weighted by atomic mass is 9.95. The summed E-state index contributed by atoms with van der Waals surface area (Å²) in [7, 11) is 3.02. The normalized spacial score (nSPS) is 16.8. The molecule has 0 spiro atoms. The van der Waals surface area contributed by atoms with Gasteiger partial charge in [0.2, 0.25) is 0 Å². The van der Waals surface area contributed by atoms with E-state index in [1.807, 2.05) is 38.1 Å². The van der Waals surface area contributed by atoms with E-state index in [1.54, 1.807) is 36.4 Å². The molecule has 1 saturated heterocycles. The number of nitrogens with zero attached hydrogens (tertiary/aromatic N) is 1. The molecular formula is C29H28ClNO6. The highest BCUT2D eigenvalue weighted by molar-refractivity contribution is 6.47. The van der Waals surface area contributed by atoms with Crippen molar-refractivity contribution in [3.63, 3.8) is 0 Å². The topological polar surface area (TPSA) is 85.3 Å². The van der Waals surface area contributed by atoms with E-state index in [-0.39, 0.29) is 34.6 Å². The van der Waals surface area contributed by atoms with Crippen LogP contribution in [0.2, 0.25) is 5.02 Å². The molecule has 1 unspecified atom stereocenters. The number of benzene rings is 3. The third-order valence-electron chi connectivity index (χ3n) is 6.00. The summed E-state index contributed by atoms with van der Waals surface area (Å²) in [5.74, 6) is -0.267. The van der Waals surface area contributed by atoms with Gasteiger partial charge in [0, 0.05) is 12.1 Å². The first-order valence-corrected chi connectivity index (χ1v) is 12.1. The molecule has 37 heavy (non-hydrogen) atoms. The molecule has 192 valence electrons. The van der Waals surface area contributed by atoms with E-state index in [0.717, 1.165) is 5.56 Å². The first-order chi connectivity index (χ1) is 17.7. The van der Waals surface area contributed by atoms with Gasteiger partial charge in [0.1, 0.15) is 23.0 Å². The quantitative estimate of drug-likeness (QED) is 0.230. The summed E-state index contributed by atoms with van der Waals surface area (Å²) >= 11 is 6.38. The molecule has 3 aromatic carbocycles. The number of hydrogen-bond acceptors (Lipinski definition) is 6. The Morgan fingerprint density at radius 2 is 1.62 bits per heavy atom. The Hall–Kier alpha value is -3.97. The average Bonchev–Trinajstić information content (AvgIpc) is 3.13. The molecule has 0 aromatic heterocycles. The number of carbonyl (C=O) groups is 2. The average molecular weight is 522 g/mol. The first kappa shape index (κ1) is 26.1. The van der Waals surface area contributed by atoms with E-state index in [9.17, 15) is 14.7 Å².